The summed E-state index contributed by atoms with van der Waals surface area (Å²) in [6, 6.07) is 10.1. The quantitative estimate of drug-likeness (QED) is 0.918. The zero-order valence-corrected chi connectivity index (χ0v) is 12.1. The zero-order valence-electron chi connectivity index (χ0n) is 12.1. The van der Waals surface area contributed by atoms with Gasteiger partial charge in [-0.1, -0.05) is 35.9 Å². The molecular weight excluding hydrogens is 250 g/mol. The minimum atomic E-state index is -0.0394. The number of nitrogens with one attached hydrogen (secondary N) is 1. The summed E-state index contributed by atoms with van der Waals surface area (Å²) < 4.78 is 5.75. The minimum absolute atomic E-state index is 0.0394. The van der Waals surface area contributed by atoms with Crippen LogP contribution in [0.15, 0.2) is 47.0 Å². The summed E-state index contributed by atoms with van der Waals surface area (Å²) in [6.07, 6.45) is 3.75. The van der Waals surface area contributed by atoms with Crippen LogP contribution in [0.2, 0.25) is 0 Å². The smallest absolute Gasteiger partial charge is 0.228 e. The van der Waals surface area contributed by atoms with Gasteiger partial charge in [-0.05, 0) is 33.0 Å². The first-order valence-electron chi connectivity index (χ1n) is 6.67. The lowest BCUT2D eigenvalue weighted by Gasteiger charge is -1.97. The number of aryl methyl sites for hydroxylation is 2. The van der Waals surface area contributed by atoms with E-state index in [0.717, 1.165) is 22.6 Å². The molecule has 0 aliphatic rings. The molecule has 0 radical (unpaired) electrons. The topological polar surface area (TPSA) is 42.2 Å². The molecule has 1 heterocycles. The highest BCUT2D eigenvalue weighted by Crippen LogP contribution is 2.25. The Morgan fingerprint density at radius 1 is 1.25 bits per heavy atom. The summed E-state index contributed by atoms with van der Waals surface area (Å²) in [5, 5.41) is 2.70. The number of carbonyl (C=O) groups excluding carboxylic acids is 1. The number of furan rings is 1. The normalized spacial score (nSPS) is 10.9. The monoisotopic (exact) mass is 269 g/mol. The molecule has 0 saturated carbocycles. The Kier molecular flexibility index (Phi) is 4.41. The maximum absolute atomic E-state index is 11.7. The SMILES string of the molecule is CC=CNC(=O)Cc1cc(-c2ccc(C)cc2)oc1C. The first-order chi connectivity index (χ1) is 9.60. The Labute approximate surface area is 119 Å². The summed E-state index contributed by atoms with van der Waals surface area (Å²) in [5.41, 5.74) is 3.16. The van der Waals surface area contributed by atoms with Crippen LogP contribution in [0.1, 0.15) is 23.8 Å². The van der Waals surface area contributed by atoms with Crippen molar-refractivity contribution in [3.63, 3.8) is 0 Å². The van der Waals surface area contributed by atoms with Gasteiger partial charge in [0.25, 0.3) is 0 Å². The molecule has 2 rings (SSSR count). The molecule has 0 bridgehead atoms. The van der Waals surface area contributed by atoms with Crippen molar-refractivity contribution < 1.29 is 9.21 Å². The van der Waals surface area contributed by atoms with Crippen molar-refractivity contribution in [3.05, 3.63) is 59.5 Å². The fourth-order valence-corrected chi connectivity index (χ4v) is 1.96. The lowest BCUT2D eigenvalue weighted by atomic mass is 10.1. The van der Waals surface area contributed by atoms with E-state index in [0.29, 0.717) is 6.42 Å². The fourth-order valence-electron chi connectivity index (χ4n) is 1.96. The molecule has 2 aromatic rings. The molecule has 1 aromatic heterocycles. The Balaban J connectivity index is 2.17. The van der Waals surface area contributed by atoms with Gasteiger partial charge >= 0.3 is 0 Å². The van der Waals surface area contributed by atoms with Gasteiger partial charge < -0.3 is 9.73 Å². The number of allylic oxidation sites excluding steroid dienone is 1. The summed E-state index contributed by atoms with van der Waals surface area (Å²) in [6.45, 7) is 5.79. The second-order valence-corrected chi connectivity index (χ2v) is 4.80. The second-order valence-electron chi connectivity index (χ2n) is 4.80. The molecule has 20 heavy (non-hydrogen) atoms. The molecule has 0 spiro atoms. The Morgan fingerprint density at radius 2 is 1.95 bits per heavy atom. The van der Waals surface area contributed by atoms with E-state index in [1.165, 1.54) is 5.56 Å². The van der Waals surface area contributed by atoms with Gasteiger partial charge in [0.1, 0.15) is 11.5 Å². The van der Waals surface area contributed by atoms with Crippen LogP contribution in [-0.2, 0) is 11.2 Å². The number of hydrogen-bond donors (Lipinski definition) is 1. The molecule has 104 valence electrons. The van der Waals surface area contributed by atoms with Gasteiger partial charge in [-0.3, -0.25) is 4.79 Å². The van der Waals surface area contributed by atoms with Crippen LogP contribution in [0.25, 0.3) is 11.3 Å². The van der Waals surface area contributed by atoms with Crippen molar-refractivity contribution in [2.45, 2.75) is 27.2 Å². The average molecular weight is 269 g/mol. The summed E-state index contributed by atoms with van der Waals surface area (Å²) >= 11 is 0. The van der Waals surface area contributed by atoms with E-state index in [2.05, 4.69) is 5.32 Å². The molecule has 0 saturated heterocycles. The van der Waals surface area contributed by atoms with Crippen LogP contribution < -0.4 is 5.32 Å². The first-order valence-corrected chi connectivity index (χ1v) is 6.67. The van der Waals surface area contributed by atoms with E-state index in [4.69, 9.17) is 4.42 Å². The van der Waals surface area contributed by atoms with Crippen molar-refractivity contribution in [2.24, 2.45) is 0 Å². The standard InChI is InChI=1S/C17H19NO2/c1-4-9-18-17(19)11-15-10-16(20-13(15)3)14-7-5-12(2)6-8-14/h4-10H,11H2,1-3H3,(H,18,19). The van der Waals surface area contributed by atoms with Gasteiger partial charge in [-0.25, -0.2) is 0 Å². The van der Waals surface area contributed by atoms with Gasteiger partial charge in [0, 0.05) is 11.1 Å². The van der Waals surface area contributed by atoms with Crippen LogP contribution in [0.3, 0.4) is 0 Å². The second kappa shape index (κ2) is 6.24. The molecule has 0 fully saturated rings. The van der Waals surface area contributed by atoms with E-state index in [1.54, 1.807) is 12.3 Å². The third-order valence-electron chi connectivity index (χ3n) is 3.12. The van der Waals surface area contributed by atoms with Gasteiger partial charge in [0.15, 0.2) is 0 Å². The molecule has 0 unspecified atom stereocenters. The van der Waals surface area contributed by atoms with Crippen molar-refractivity contribution in [2.75, 3.05) is 0 Å². The molecule has 1 amide bonds. The molecule has 3 nitrogen and oxygen atoms in total. The predicted molar refractivity (Wildman–Crippen MR) is 80.3 cm³/mol. The number of carbonyl (C=O) groups is 1. The summed E-state index contributed by atoms with van der Waals surface area (Å²) in [4.78, 5) is 11.7. The number of amides is 1. The molecule has 1 N–H and O–H groups in total. The van der Waals surface area contributed by atoms with Gasteiger partial charge in [-0.2, -0.15) is 0 Å². The highest BCUT2D eigenvalue weighted by Gasteiger charge is 2.12. The van der Waals surface area contributed by atoms with Crippen LogP contribution in [-0.4, -0.2) is 5.91 Å². The van der Waals surface area contributed by atoms with Crippen molar-refractivity contribution in [3.8, 4) is 11.3 Å². The molecule has 0 aliphatic heterocycles. The van der Waals surface area contributed by atoms with Crippen molar-refractivity contribution >= 4 is 5.91 Å². The van der Waals surface area contributed by atoms with E-state index in [9.17, 15) is 4.79 Å². The molecular formula is C17H19NO2. The number of hydrogen-bond acceptors (Lipinski definition) is 2. The van der Waals surface area contributed by atoms with Gasteiger partial charge in [0.2, 0.25) is 5.91 Å². The van der Waals surface area contributed by atoms with Crippen LogP contribution in [0.5, 0.6) is 0 Å². The maximum atomic E-state index is 11.7. The van der Waals surface area contributed by atoms with Crippen LogP contribution >= 0.6 is 0 Å². The zero-order chi connectivity index (χ0) is 14.5. The minimum Gasteiger partial charge on any atom is -0.461 e. The lowest BCUT2D eigenvalue weighted by Crippen LogP contribution is -2.19. The molecule has 0 aliphatic carbocycles. The van der Waals surface area contributed by atoms with Gasteiger partial charge in [0.05, 0.1) is 6.42 Å². The van der Waals surface area contributed by atoms with E-state index in [1.807, 2.05) is 51.1 Å². The Hall–Kier alpha value is -2.29. The summed E-state index contributed by atoms with van der Waals surface area (Å²) in [7, 11) is 0. The molecule has 3 heteroatoms. The average Bonchev–Trinajstić information content (AvgIpc) is 2.78. The van der Waals surface area contributed by atoms with E-state index < -0.39 is 0 Å². The van der Waals surface area contributed by atoms with Crippen molar-refractivity contribution in [1.82, 2.24) is 5.32 Å². The van der Waals surface area contributed by atoms with Crippen LogP contribution in [0, 0.1) is 13.8 Å². The van der Waals surface area contributed by atoms with E-state index >= 15 is 0 Å². The predicted octanol–water partition coefficient (Wildman–Crippen LogP) is 3.76. The largest absolute Gasteiger partial charge is 0.461 e. The fraction of sp³-hybridized carbons (Fsp3) is 0.235. The highest BCUT2D eigenvalue weighted by molar-refractivity contribution is 5.80. The molecule has 1 aromatic carbocycles. The lowest BCUT2D eigenvalue weighted by molar-refractivity contribution is -0.119. The van der Waals surface area contributed by atoms with Crippen molar-refractivity contribution in [1.29, 1.82) is 0 Å². The van der Waals surface area contributed by atoms with E-state index in [-0.39, 0.29) is 5.91 Å². The van der Waals surface area contributed by atoms with Gasteiger partial charge in [-0.15, -0.1) is 0 Å². The first kappa shape index (κ1) is 14.1. The number of benzene rings is 1. The molecule has 0 atom stereocenters. The highest BCUT2D eigenvalue weighted by atomic mass is 16.3. The number of rotatable bonds is 4. The Bertz CT molecular complexity index is 621. The van der Waals surface area contributed by atoms with Crippen LogP contribution in [0.4, 0.5) is 0 Å². The third kappa shape index (κ3) is 3.38. The Morgan fingerprint density at radius 3 is 2.60 bits per heavy atom. The maximum Gasteiger partial charge on any atom is 0.228 e. The third-order valence-corrected chi connectivity index (χ3v) is 3.12. The summed E-state index contributed by atoms with van der Waals surface area (Å²) in [5.74, 6) is 1.55.